The highest BCUT2D eigenvalue weighted by Crippen LogP contribution is 2.20. The van der Waals surface area contributed by atoms with Gasteiger partial charge in [-0.2, -0.15) is 0 Å². The van der Waals surface area contributed by atoms with Crippen LogP contribution in [-0.4, -0.2) is 26.9 Å². The molecule has 2 rings (SSSR count). The normalized spacial score (nSPS) is 19.9. The smallest absolute Gasteiger partial charge is 0.235 e. The molecule has 100 valence electrons. The SMILES string of the molecule is Cc1ccc(NS(=O)(=O)CC2CCCO2)cc1N. The molecule has 1 saturated heterocycles. The maximum atomic E-state index is 11.9. The van der Waals surface area contributed by atoms with Crippen molar-refractivity contribution in [3.8, 4) is 0 Å². The molecule has 6 heteroatoms. The largest absolute Gasteiger partial charge is 0.398 e. The summed E-state index contributed by atoms with van der Waals surface area (Å²) in [4.78, 5) is 0. The maximum absolute atomic E-state index is 11.9. The number of anilines is 2. The van der Waals surface area contributed by atoms with E-state index in [0.29, 0.717) is 18.0 Å². The monoisotopic (exact) mass is 270 g/mol. The molecule has 3 N–H and O–H groups in total. The molecule has 1 aliphatic rings. The first-order valence-corrected chi connectivity index (χ1v) is 7.60. The zero-order valence-corrected chi connectivity index (χ0v) is 11.2. The minimum Gasteiger partial charge on any atom is -0.398 e. The molecule has 5 nitrogen and oxygen atoms in total. The standard InChI is InChI=1S/C12H18N2O3S/c1-9-4-5-10(7-12(9)13)14-18(15,16)8-11-3-2-6-17-11/h4-5,7,11,14H,2-3,6,8,13H2,1H3. The number of hydrogen-bond acceptors (Lipinski definition) is 4. The third-order valence-electron chi connectivity index (χ3n) is 2.98. The van der Waals surface area contributed by atoms with E-state index in [1.807, 2.05) is 6.92 Å². The van der Waals surface area contributed by atoms with E-state index >= 15 is 0 Å². The zero-order chi connectivity index (χ0) is 13.2. The Balaban J connectivity index is 2.04. The van der Waals surface area contributed by atoms with Crippen LogP contribution in [-0.2, 0) is 14.8 Å². The van der Waals surface area contributed by atoms with Crippen LogP contribution in [0.15, 0.2) is 18.2 Å². The lowest BCUT2D eigenvalue weighted by atomic mass is 10.2. The highest BCUT2D eigenvalue weighted by molar-refractivity contribution is 7.92. The molecular formula is C12H18N2O3S. The van der Waals surface area contributed by atoms with Gasteiger partial charge >= 0.3 is 0 Å². The number of sulfonamides is 1. The molecule has 0 bridgehead atoms. The number of ether oxygens (including phenoxy) is 1. The van der Waals surface area contributed by atoms with E-state index in [-0.39, 0.29) is 11.9 Å². The van der Waals surface area contributed by atoms with E-state index < -0.39 is 10.0 Å². The summed E-state index contributed by atoms with van der Waals surface area (Å²) in [6.07, 6.45) is 1.54. The van der Waals surface area contributed by atoms with Gasteiger partial charge in [-0.1, -0.05) is 6.07 Å². The van der Waals surface area contributed by atoms with Crippen molar-refractivity contribution in [3.63, 3.8) is 0 Å². The lowest BCUT2D eigenvalue weighted by Crippen LogP contribution is -2.25. The van der Waals surface area contributed by atoms with Gasteiger partial charge in [-0.3, -0.25) is 4.72 Å². The van der Waals surface area contributed by atoms with Crippen LogP contribution in [0.5, 0.6) is 0 Å². The van der Waals surface area contributed by atoms with Gasteiger partial charge in [0.05, 0.1) is 17.5 Å². The van der Waals surface area contributed by atoms with Gasteiger partial charge in [-0.15, -0.1) is 0 Å². The minimum absolute atomic E-state index is 0.000775. The van der Waals surface area contributed by atoms with Gasteiger partial charge in [0.2, 0.25) is 10.0 Å². The molecule has 1 aromatic carbocycles. The molecule has 1 atom stereocenters. The quantitative estimate of drug-likeness (QED) is 0.812. The molecule has 1 heterocycles. The predicted octanol–water partition coefficient (Wildman–Crippen LogP) is 1.50. The molecule has 0 radical (unpaired) electrons. The zero-order valence-electron chi connectivity index (χ0n) is 10.3. The number of benzene rings is 1. The molecule has 1 aliphatic heterocycles. The second-order valence-electron chi connectivity index (χ2n) is 4.59. The molecular weight excluding hydrogens is 252 g/mol. The summed E-state index contributed by atoms with van der Waals surface area (Å²) in [5.41, 5.74) is 7.74. The van der Waals surface area contributed by atoms with Gasteiger partial charge in [0.1, 0.15) is 0 Å². The average Bonchev–Trinajstić information content (AvgIpc) is 2.75. The fourth-order valence-corrected chi connectivity index (χ4v) is 3.27. The van der Waals surface area contributed by atoms with E-state index in [2.05, 4.69) is 4.72 Å². The second-order valence-corrected chi connectivity index (χ2v) is 6.36. The molecule has 1 fully saturated rings. The summed E-state index contributed by atoms with van der Waals surface area (Å²) in [6.45, 7) is 2.53. The highest BCUT2D eigenvalue weighted by Gasteiger charge is 2.23. The van der Waals surface area contributed by atoms with Gasteiger partial charge in [0.25, 0.3) is 0 Å². The fraction of sp³-hybridized carbons (Fsp3) is 0.500. The van der Waals surface area contributed by atoms with Crippen molar-refractivity contribution in [1.29, 1.82) is 0 Å². The van der Waals surface area contributed by atoms with Gasteiger partial charge < -0.3 is 10.5 Å². The summed E-state index contributed by atoms with van der Waals surface area (Å²) in [5, 5.41) is 0. The molecule has 0 amide bonds. The number of aryl methyl sites for hydroxylation is 1. The maximum Gasteiger partial charge on any atom is 0.235 e. The molecule has 18 heavy (non-hydrogen) atoms. The van der Waals surface area contributed by atoms with Crippen LogP contribution in [0.1, 0.15) is 18.4 Å². The molecule has 0 aromatic heterocycles. The first-order chi connectivity index (χ1) is 8.46. The Morgan fingerprint density at radius 2 is 2.28 bits per heavy atom. The first-order valence-electron chi connectivity index (χ1n) is 5.94. The van der Waals surface area contributed by atoms with Crippen LogP contribution < -0.4 is 10.5 Å². The Morgan fingerprint density at radius 3 is 2.89 bits per heavy atom. The summed E-state index contributed by atoms with van der Waals surface area (Å²) in [7, 11) is -3.38. The molecule has 0 aliphatic carbocycles. The summed E-state index contributed by atoms with van der Waals surface area (Å²) in [6, 6.07) is 5.13. The Morgan fingerprint density at radius 1 is 1.50 bits per heavy atom. The van der Waals surface area contributed by atoms with Crippen molar-refractivity contribution in [2.75, 3.05) is 22.8 Å². The van der Waals surface area contributed by atoms with E-state index in [1.54, 1.807) is 18.2 Å². The molecule has 1 aromatic rings. The number of nitrogen functional groups attached to an aromatic ring is 1. The average molecular weight is 270 g/mol. The summed E-state index contributed by atoms with van der Waals surface area (Å²) in [5.74, 6) is 0.000775. The van der Waals surface area contributed by atoms with Crippen molar-refractivity contribution in [1.82, 2.24) is 0 Å². The van der Waals surface area contributed by atoms with Crippen LogP contribution >= 0.6 is 0 Å². The lowest BCUT2D eigenvalue weighted by molar-refractivity contribution is 0.127. The second kappa shape index (κ2) is 5.16. The van der Waals surface area contributed by atoms with Crippen LogP contribution in [0.25, 0.3) is 0 Å². The van der Waals surface area contributed by atoms with Crippen molar-refractivity contribution >= 4 is 21.4 Å². The Labute approximate surface area is 107 Å². The topological polar surface area (TPSA) is 81.4 Å². The van der Waals surface area contributed by atoms with Crippen molar-refractivity contribution in [2.45, 2.75) is 25.9 Å². The van der Waals surface area contributed by atoms with Crippen LogP contribution in [0, 0.1) is 6.92 Å². The first kappa shape index (κ1) is 13.2. The van der Waals surface area contributed by atoms with Crippen molar-refractivity contribution in [2.24, 2.45) is 0 Å². The van der Waals surface area contributed by atoms with Crippen LogP contribution in [0.4, 0.5) is 11.4 Å². The number of nitrogens with one attached hydrogen (secondary N) is 1. The Bertz CT molecular complexity index is 522. The molecule has 0 saturated carbocycles. The molecule has 0 spiro atoms. The fourth-order valence-electron chi connectivity index (χ4n) is 1.95. The summed E-state index contributed by atoms with van der Waals surface area (Å²) < 4.78 is 31.7. The molecule has 1 unspecified atom stereocenters. The summed E-state index contributed by atoms with van der Waals surface area (Å²) >= 11 is 0. The number of hydrogen-bond donors (Lipinski definition) is 2. The Kier molecular flexibility index (Phi) is 3.77. The van der Waals surface area contributed by atoms with Crippen molar-refractivity contribution < 1.29 is 13.2 Å². The van der Waals surface area contributed by atoms with E-state index in [1.165, 1.54) is 0 Å². The third-order valence-corrected chi connectivity index (χ3v) is 4.34. The lowest BCUT2D eigenvalue weighted by Gasteiger charge is -2.12. The van der Waals surface area contributed by atoms with E-state index in [0.717, 1.165) is 18.4 Å². The van der Waals surface area contributed by atoms with Gasteiger partial charge in [0, 0.05) is 12.3 Å². The highest BCUT2D eigenvalue weighted by atomic mass is 32.2. The van der Waals surface area contributed by atoms with Crippen LogP contribution in [0.3, 0.4) is 0 Å². The Hall–Kier alpha value is -1.27. The third kappa shape index (κ3) is 3.36. The van der Waals surface area contributed by atoms with Gasteiger partial charge in [-0.25, -0.2) is 8.42 Å². The van der Waals surface area contributed by atoms with E-state index in [4.69, 9.17) is 10.5 Å². The van der Waals surface area contributed by atoms with Crippen molar-refractivity contribution in [3.05, 3.63) is 23.8 Å². The van der Waals surface area contributed by atoms with Crippen LogP contribution in [0.2, 0.25) is 0 Å². The number of rotatable bonds is 4. The predicted molar refractivity (Wildman–Crippen MR) is 72.0 cm³/mol. The minimum atomic E-state index is -3.38. The van der Waals surface area contributed by atoms with E-state index in [9.17, 15) is 8.42 Å². The van der Waals surface area contributed by atoms with Gasteiger partial charge in [0.15, 0.2) is 0 Å². The number of nitrogens with two attached hydrogens (primary N) is 1. The van der Waals surface area contributed by atoms with Gasteiger partial charge in [-0.05, 0) is 37.5 Å².